The summed E-state index contributed by atoms with van der Waals surface area (Å²) in [6.45, 7) is 3.46. The predicted molar refractivity (Wildman–Crippen MR) is 90.1 cm³/mol. The van der Waals surface area contributed by atoms with Gasteiger partial charge in [0.1, 0.15) is 0 Å². The van der Waals surface area contributed by atoms with Gasteiger partial charge in [0.25, 0.3) is 0 Å². The van der Waals surface area contributed by atoms with Crippen molar-refractivity contribution in [2.45, 2.75) is 24.6 Å². The van der Waals surface area contributed by atoms with Crippen molar-refractivity contribution in [1.29, 1.82) is 5.26 Å². The third-order valence-electron chi connectivity index (χ3n) is 3.98. The van der Waals surface area contributed by atoms with Crippen molar-refractivity contribution >= 4 is 11.6 Å². The minimum Gasteiger partial charge on any atom is -0.378 e. The standard InChI is InChI=1S/C17H24ClN3O2/c18-10-16-12-22-9-8-21(16)13-17(20,6-7-19)14-23-11-15-4-2-1-3-5-15/h1-5,16H,6,8-14,20H2/t16-,17+/m0/s1. The number of hydrogen-bond donors (Lipinski definition) is 1. The summed E-state index contributed by atoms with van der Waals surface area (Å²) in [6, 6.07) is 12.3. The van der Waals surface area contributed by atoms with Gasteiger partial charge in [0.15, 0.2) is 0 Å². The van der Waals surface area contributed by atoms with Gasteiger partial charge in [-0.05, 0) is 5.56 Å². The maximum Gasteiger partial charge on any atom is 0.0717 e. The van der Waals surface area contributed by atoms with Crippen molar-refractivity contribution in [2.24, 2.45) is 5.73 Å². The van der Waals surface area contributed by atoms with Crippen LogP contribution in [0.1, 0.15) is 12.0 Å². The average Bonchev–Trinajstić information content (AvgIpc) is 2.56. The second-order valence-corrected chi connectivity index (χ2v) is 6.34. The zero-order valence-corrected chi connectivity index (χ0v) is 14.0. The van der Waals surface area contributed by atoms with E-state index in [0.717, 1.165) is 12.1 Å². The van der Waals surface area contributed by atoms with E-state index in [4.69, 9.17) is 32.1 Å². The van der Waals surface area contributed by atoms with E-state index in [1.807, 2.05) is 30.3 Å². The van der Waals surface area contributed by atoms with Crippen molar-refractivity contribution in [1.82, 2.24) is 4.90 Å². The highest BCUT2D eigenvalue weighted by atomic mass is 35.5. The molecule has 1 aliphatic heterocycles. The molecule has 1 saturated heterocycles. The Labute approximate surface area is 142 Å². The Balaban J connectivity index is 1.90. The van der Waals surface area contributed by atoms with Crippen LogP contribution in [0.15, 0.2) is 30.3 Å². The number of nitriles is 1. The molecule has 0 amide bonds. The highest BCUT2D eigenvalue weighted by Gasteiger charge is 2.32. The topological polar surface area (TPSA) is 71.5 Å². The lowest BCUT2D eigenvalue weighted by Crippen LogP contribution is -2.58. The average molecular weight is 338 g/mol. The Morgan fingerprint density at radius 3 is 2.91 bits per heavy atom. The van der Waals surface area contributed by atoms with Gasteiger partial charge in [-0.2, -0.15) is 5.26 Å². The Bertz CT molecular complexity index is 508. The Morgan fingerprint density at radius 1 is 1.43 bits per heavy atom. The molecule has 2 rings (SSSR count). The summed E-state index contributed by atoms with van der Waals surface area (Å²) in [5, 5.41) is 9.12. The van der Waals surface area contributed by atoms with Crippen molar-refractivity contribution in [2.75, 3.05) is 38.8 Å². The zero-order chi connectivity index (χ0) is 16.5. The molecule has 0 saturated carbocycles. The largest absolute Gasteiger partial charge is 0.378 e. The van der Waals surface area contributed by atoms with E-state index in [9.17, 15) is 0 Å². The number of halogens is 1. The molecule has 0 spiro atoms. The molecule has 0 radical (unpaired) electrons. The summed E-state index contributed by atoms with van der Waals surface area (Å²) in [6.07, 6.45) is 0.244. The van der Waals surface area contributed by atoms with E-state index in [1.165, 1.54) is 0 Å². The molecule has 0 bridgehead atoms. The maximum absolute atomic E-state index is 9.12. The van der Waals surface area contributed by atoms with E-state index in [2.05, 4.69) is 11.0 Å². The number of nitrogens with zero attached hydrogens (tertiary/aromatic N) is 2. The zero-order valence-electron chi connectivity index (χ0n) is 13.3. The van der Waals surface area contributed by atoms with Crippen LogP contribution in [-0.4, -0.2) is 55.3 Å². The minimum absolute atomic E-state index is 0.140. The molecule has 23 heavy (non-hydrogen) atoms. The Morgan fingerprint density at radius 2 is 2.22 bits per heavy atom. The van der Waals surface area contributed by atoms with Crippen LogP contribution in [0.4, 0.5) is 0 Å². The maximum atomic E-state index is 9.12. The quantitative estimate of drug-likeness (QED) is 0.732. The first-order valence-corrected chi connectivity index (χ1v) is 8.35. The van der Waals surface area contributed by atoms with Gasteiger partial charge >= 0.3 is 0 Å². The molecule has 2 atom stereocenters. The lowest BCUT2D eigenvalue weighted by molar-refractivity contribution is -0.0208. The van der Waals surface area contributed by atoms with Gasteiger partial charge in [-0.15, -0.1) is 11.6 Å². The van der Waals surface area contributed by atoms with Crippen LogP contribution in [-0.2, 0) is 16.1 Å². The Hall–Kier alpha value is -1.16. The lowest BCUT2D eigenvalue weighted by Gasteiger charge is -2.40. The summed E-state index contributed by atoms with van der Waals surface area (Å²) in [4.78, 5) is 2.21. The van der Waals surface area contributed by atoms with Gasteiger partial charge in [-0.25, -0.2) is 0 Å². The summed E-state index contributed by atoms with van der Waals surface area (Å²) in [7, 11) is 0. The molecule has 2 N–H and O–H groups in total. The number of benzene rings is 1. The first-order valence-electron chi connectivity index (χ1n) is 7.82. The molecule has 1 aromatic rings. The summed E-state index contributed by atoms with van der Waals surface area (Å²) < 4.78 is 11.2. The third-order valence-corrected chi connectivity index (χ3v) is 4.33. The minimum atomic E-state index is -0.703. The summed E-state index contributed by atoms with van der Waals surface area (Å²) >= 11 is 6.01. The molecular weight excluding hydrogens is 314 g/mol. The second kappa shape index (κ2) is 9.21. The number of hydrogen-bond acceptors (Lipinski definition) is 5. The molecule has 0 aliphatic carbocycles. The van der Waals surface area contributed by atoms with E-state index in [0.29, 0.717) is 38.9 Å². The number of ether oxygens (including phenoxy) is 2. The molecule has 1 aromatic carbocycles. The molecule has 1 heterocycles. The normalized spacial score (nSPS) is 21.5. The van der Waals surface area contributed by atoms with E-state index in [1.54, 1.807) is 0 Å². The fraction of sp³-hybridized carbons (Fsp3) is 0.588. The molecule has 0 aromatic heterocycles. The predicted octanol–water partition coefficient (Wildman–Crippen LogP) is 1.75. The van der Waals surface area contributed by atoms with Crippen LogP contribution in [0.2, 0.25) is 0 Å². The fourth-order valence-electron chi connectivity index (χ4n) is 2.70. The third kappa shape index (κ3) is 5.76. The molecule has 0 unspecified atom stereocenters. The smallest absolute Gasteiger partial charge is 0.0717 e. The molecule has 6 heteroatoms. The van der Waals surface area contributed by atoms with Gasteiger partial charge < -0.3 is 15.2 Å². The fourth-order valence-corrected chi connectivity index (χ4v) is 2.98. The van der Waals surface area contributed by atoms with Crippen LogP contribution in [0.3, 0.4) is 0 Å². The van der Waals surface area contributed by atoms with Gasteiger partial charge in [0.2, 0.25) is 0 Å². The van der Waals surface area contributed by atoms with Crippen LogP contribution >= 0.6 is 11.6 Å². The molecule has 126 valence electrons. The number of nitrogens with two attached hydrogens (primary N) is 1. The lowest BCUT2D eigenvalue weighted by atomic mass is 9.96. The van der Waals surface area contributed by atoms with Crippen molar-refractivity contribution < 1.29 is 9.47 Å². The van der Waals surface area contributed by atoms with E-state index < -0.39 is 5.54 Å². The molecule has 1 aliphatic rings. The summed E-state index contributed by atoms with van der Waals surface area (Å²) in [5.41, 5.74) is 6.84. The SMILES string of the molecule is N#CC[C@](N)(COCc1ccccc1)CN1CCOC[C@@H]1CCl. The van der Waals surface area contributed by atoms with Gasteiger partial charge in [-0.3, -0.25) is 4.90 Å². The monoisotopic (exact) mass is 337 g/mol. The first kappa shape index (κ1) is 18.2. The molecule has 1 fully saturated rings. The number of morpholine rings is 1. The van der Waals surface area contributed by atoms with E-state index >= 15 is 0 Å². The first-order chi connectivity index (χ1) is 11.2. The van der Waals surface area contributed by atoms with Crippen molar-refractivity contribution in [3.8, 4) is 6.07 Å². The highest BCUT2D eigenvalue weighted by molar-refractivity contribution is 6.18. The van der Waals surface area contributed by atoms with Crippen molar-refractivity contribution in [3.63, 3.8) is 0 Å². The number of alkyl halides is 1. The molecular formula is C17H24ClN3O2. The van der Waals surface area contributed by atoms with Crippen LogP contribution in [0.25, 0.3) is 0 Å². The summed E-state index contributed by atoms with van der Waals surface area (Å²) in [5.74, 6) is 0.494. The highest BCUT2D eigenvalue weighted by Crippen LogP contribution is 2.16. The van der Waals surface area contributed by atoms with Crippen LogP contribution in [0.5, 0.6) is 0 Å². The van der Waals surface area contributed by atoms with Gasteiger partial charge in [-0.1, -0.05) is 30.3 Å². The van der Waals surface area contributed by atoms with Crippen molar-refractivity contribution in [3.05, 3.63) is 35.9 Å². The second-order valence-electron chi connectivity index (χ2n) is 6.03. The number of rotatable bonds is 8. The van der Waals surface area contributed by atoms with Crippen LogP contribution in [0, 0.1) is 11.3 Å². The Kier molecular flexibility index (Phi) is 7.28. The molecule has 5 nitrogen and oxygen atoms in total. The van der Waals surface area contributed by atoms with Gasteiger partial charge in [0, 0.05) is 25.0 Å². The van der Waals surface area contributed by atoms with E-state index in [-0.39, 0.29) is 12.5 Å². The van der Waals surface area contributed by atoms with Crippen LogP contribution < -0.4 is 5.73 Å². The van der Waals surface area contributed by atoms with Gasteiger partial charge in [0.05, 0.1) is 44.5 Å².